The Hall–Kier alpha value is -2.90. The Labute approximate surface area is 195 Å². The first-order valence-electron chi connectivity index (χ1n) is 10.5. The van der Waals surface area contributed by atoms with Crippen LogP contribution in [-0.2, 0) is 16.1 Å². The quantitative estimate of drug-likeness (QED) is 0.269. The molecular formula is C25H25NO4S2. The van der Waals surface area contributed by atoms with Crippen molar-refractivity contribution in [3.8, 4) is 5.75 Å². The molecule has 0 bridgehead atoms. The fraction of sp³-hybridized carbons (Fsp3) is 0.280. The molecule has 1 aromatic carbocycles. The number of hydrogen-bond acceptors (Lipinski definition) is 6. The molecule has 0 saturated carbocycles. The minimum Gasteiger partial charge on any atom is -0.507 e. The molecule has 1 N–H and O–H groups in total. The van der Waals surface area contributed by atoms with Crippen LogP contribution in [0.3, 0.4) is 0 Å². The largest absolute Gasteiger partial charge is 0.507 e. The molecule has 32 heavy (non-hydrogen) atoms. The van der Waals surface area contributed by atoms with E-state index in [1.165, 1.54) is 22.7 Å². The number of nitrogens with zero attached hydrogens (tertiary/aromatic N) is 1. The molecule has 0 radical (unpaired) electrons. The second kappa shape index (κ2) is 9.30. The number of rotatable bonds is 7. The molecule has 3 aromatic rings. The summed E-state index contributed by atoms with van der Waals surface area (Å²) in [4.78, 5) is 29.6. The number of ether oxygens (including phenoxy) is 1. The lowest BCUT2D eigenvalue weighted by atomic mass is 9.97. The minimum atomic E-state index is -0.652. The molecule has 1 atom stereocenters. The molecule has 5 nitrogen and oxygen atoms in total. The van der Waals surface area contributed by atoms with Crippen molar-refractivity contribution < 1.29 is 19.4 Å². The van der Waals surface area contributed by atoms with Crippen molar-refractivity contribution in [1.29, 1.82) is 0 Å². The third-order valence-corrected chi connectivity index (χ3v) is 7.44. The maximum Gasteiger partial charge on any atom is 0.296 e. The maximum absolute atomic E-state index is 13.1. The lowest BCUT2D eigenvalue weighted by molar-refractivity contribution is -0.140. The molecule has 1 unspecified atom stereocenters. The summed E-state index contributed by atoms with van der Waals surface area (Å²) in [6.07, 6.45) is 0.898. The number of carbonyl (C=O) groups excluding carboxylic acids is 2. The van der Waals surface area contributed by atoms with E-state index < -0.39 is 17.7 Å². The lowest BCUT2D eigenvalue weighted by Crippen LogP contribution is -2.28. The number of Topliss-reactive ketones (excluding diaryl/α,β-unsaturated/α-hetero) is 1. The number of benzene rings is 1. The Balaban J connectivity index is 1.80. The van der Waals surface area contributed by atoms with E-state index in [1.807, 2.05) is 49.7 Å². The van der Waals surface area contributed by atoms with Crippen LogP contribution in [0.1, 0.15) is 45.8 Å². The van der Waals surface area contributed by atoms with E-state index in [0.29, 0.717) is 18.7 Å². The van der Waals surface area contributed by atoms with E-state index in [0.717, 1.165) is 33.1 Å². The van der Waals surface area contributed by atoms with Crippen molar-refractivity contribution >= 4 is 40.1 Å². The van der Waals surface area contributed by atoms with Gasteiger partial charge in [-0.05, 0) is 72.5 Å². The molecule has 1 aliphatic rings. The first-order valence-corrected chi connectivity index (χ1v) is 12.3. The third kappa shape index (κ3) is 4.10. The van der Waals surface area contributed by atoms with Crippen molar-refractivity contribution in [3.63, 3.8) is 0 Å². The van der Waals surface area contributed by atoms with Gasteiger partial charge in [0.05, 0.1) is 18.7 Å². The molecule has 2 aromatic heterocycles. The average molecular weight is 468 g/mol. The number of aliphatic hydroxyl groups is 1. The van der Waals surface area contributed by atoms with Gasteiger partial charge < -0.3 is 14.7 Å². The van der Waals surface area contributed by atoms with Crippen LogP contribution in [0.15, 0.2) is 52.7 Å². The second-order valence-electron chi connectivity index (χ2n) is 7.80. The number of ketones is 1. The number of likely N-dealkylation sites (tertiary alicyclic amines) is 1. The Bertz CT molecular complexity index is 1180. The van der Waals surface area contributed by atoms with Crippen molar-refractivity contribution in [3.05, 3.63) is 79.2 Å². The molecule has 4 rings (SSSR count). The normalized spacial score (nSPS) is 17.8. The van der Waals surface area contributed by atoms with Crippen molar-refractivity contribution in [2.24, 2.45) is 0 Å². The molecular weight excluding hydrogens is 442 g/mol. The number of amides is 1. The summed E-state index contributed by atoms with van der Waals surface area (Å²) in [5.41, 5.74) is 2.49. The van der Waals surface area contributed by atoms with Crippen LogP contribution in [0, 0.1) is 13.8 Å². The van der Waals surface area contributed by atoms with E-state index in [1.54, 1.807) is 23.1 Å². The fourth-order valence-corrected chi connectivity index (χ4v) is 5.63. The number of hydrogen-bond donors (Lipinski definition) is 1. The number of aliphatic hydroxyl groups excluding tert-OH is 1. The summed E-state index contributed by atoms with van der Waals surface area (Å²) < 4.78 is 5.73. The van der Waals surface area contributed by atoms with Crippen LogP contribution in [0.4, 0.5) is 0 Å². The summed E-state index contributed by atoms with van der Waals surface area (Å²) in [7, 11) is 0. The Morgan fingerprint density at radius 3 is 2.53 bits per heavy atom. The monoisotopic (exact) mass is 467 g/mol. The first kappa shape index (κ1) is 22.3. The highest BCUT2D eigenvalue weighted by atomic mass is 32.1. The molecule has 7 heteroatoms. The Kier molecular flexibility index (Phi) is 6.48. The zero-order chi connectivity index (χ0) is 22.8. The van der Waals surface area contributed by atoms with Crippen LogP contribution in [0.2, 0.25) is 0 Å². The van der Waals surface area contributed by atoms with E-state index in [-0.39, 0.29) is 11.3 Å². The van der Waals surface area contributed by atoms with Gasteiger partial charge >= 0.3 is 0 Å². The van der Waals surface area contributed by atoms with Crippen LogP contribution >= 0.6 is 22.7 Å². The van der Waals surface area contributed by atoms with Crippen LogP contribution in [-0.4, -0.2) is 28.3 Å². The van der Waals surface area contributed by atoms with Crippen LogP contribution in [0.5, 0.6) is 5.75 Å². The van der Waals surface area contributed by atoms with Crippen molar-refractivity contribution in [1.82, 2.24) is 4.90 Å². The number of carbonyl (C=O) groups is 2. The number of thiophene rings is 2. The molecule has 1 aliphatic heterocycles. The molecule has 166 valence electrons. The SMILES string of the molecule is CCCOc1ccc(/C(O)=C2/C(=O)C(=O)N(Cc3cccs3)C2c2sccc2C)cc1C. The van der Waals surface area contributed by atoms with E-state index in [9.17, 15) is 14.7 Å². The van der Waals surface area contributed by atoms with E-state index in [2.05, 4.69) is 0 Å². The second-order valence-corrected chi connectivity index (χ2v) is 9.78. The highest BCUT2D eigenvalue weighted by Crippen LogP contribution is 2.43. The Morgan fingerprint density at radius 2 is 1.91 bits per heavy atom. The standard InChI is InChI=1S/C25H25NO4S2/c1-4-10-30-19-8-7-17(13-16(19)3)22(27)20-21(24-15(2)9-12-32-24)26(25(29)23(20)28)14-18-6-5-11-31-18/h5-9,11-13,21,27H,4,10,14H2,1-3H3/b22-20-. The van der Waals surface area contributed by atoms with Gasteiger partial charge in [-0.25, -0.2) is 0 Å². The summed E-state index contributed by atoms with van der Waals surface area (Å²) in [6.45, 7) is 6.83. The predicted octanol–water partition coefficient (Wildman–Crippen LogP) is 5.84. The zero-order valence-corrected chi connectivity index (χ0v) is 19.9. The van der Waals surface area contributed by atoms with Crippen LogP contribution in [0.25, 0.3) is 5.76 Å². The van der Waals surface area contributed by atoms with Gasteiger partial charge in [-0.1, -0.05) is 13.0 Å². The van der Waals surface area contributed by atoms with Gasteiger partial charge in [-0.15, -0.1) is 22.7 Å². The number of aryl methyl sites for hydroxylation is 2. The van der Waals surface area contributed by atoms with Crippen LogP contribution < -0.4 is 4.74 Å². The minimum absolute atomic E-state index is 0.138. The average Bonchev–Trinajstić information content (AvgIpc) is 3.50. The van der Waals surface area contributed by atoms with Gasteiger partial charge in [-0.3, -0.25) is 9.59 Å². The molecule has 3 heterocycles. The topological polar surface area (TPSA) is 66.8 Å². The van der Waals surface area contributed by atoms with E-state index >= 15 is 0 Å². The van der Waals surface area contributed by atoms with Gasteiger partial charge in [0.2, 0.25) is 0 Å². The fourth-order valence-electron chi connectivity index (χ4n) is 3.88. The molecule has 0 spiro atoms. The highest BCUT2D eigenvalue weighted by molar-refractivity contribution is 7.10. The predicted molar refractivity (Wildman–Crippen MR) is 128 cm³/mol. The van der Waals surface area contributed by atoms with Crippen molar-refractivity contribution in [2.45, 2.75) is 39.8 Å². The molecule has 1 saturated heterocycles. The summed E-state index contributed by atoms with van der Waals surface area (Å²) in [5, 5.41) is 15.1. The third-order valence-electron chi connectivity index (χ3n) is 5.51. The lowest BCUT2D eigenvalue weighted by Gasteiger charge is -2.24. The van der Waals surface area contributed by atoms with Gasteiger partial charge in [0.25, 0.3) is 11.7 Å². The van der Waals surface area contributed by atoms with Gasteiger partial charge in [-0.2, -0.15) is 0 Å². The molecule has 1 amide bonds. The summed E-state index contributed by atoms with van der Waals surface area (Å²) >= 11 is 3.03. The maximum atomic E-state index is 13.1. The Morgan fingerprint density at radius 1 is 1.09 bits per heavy atom. The van der Waals surface area contributed by atoms with Crippen molar-refractivity contribution in [2.75, 3.05) is 6.61 Å². The van der Waals surface area contributed by atoms with Gasteiger partial charge in [0, 0.05) is 15.3 Å². The van der Waals surface area contributed by atoms with Gasteiger partial charge in [0.1, 0.15) is 17.6 Å². The molecule has 1 fully saturated rings. The first-order chi connectivity index (χ1) is 15.4. The summed E-state index contributed by atoms with van der Waals surface area (Å²) in [5.74, 6) is -0.648. The smallest absolute Gasteiger partial charge is 0.296 e. The van der Waals surface area contributed by atoms with E-state index in [4.69, 9.17) is 4.74 Å². The highest BCUT2D eigenvalue weighted by Gasteiger charge is 2.47. The van der Waals surface area contributed by atoms with Gasteiger partial charge in [0.15, 0.2) is 0 Å². The molecule has 0 aliphatic carbocycles. The zero-order valence-electron chi connectivity index (χ0n) is 18.3. The summed E-state index contributed by atoms with van der Waals surface area (Å²) in [6, 6.07) is 10.5.